The molecule has 2 aromatic carbocycles. The van der Waals surface area contributed by atoms with Gasteiger partial charge in [-0.15, -0.1) is 0 Å². The molecule has 0 aliphatic carbocycles. The highest BCUT2D eigenvalue weighted by Gasteiger charge is 2.36. The summed E-state index contributed by atoms with van der Waals surface area (Å²) in [5.74, 6) is -0.333. The van der Waals surface area contributed by atoms with E-state index in [9.17, 15) is 9.59 Å². The average Bonchev–Trinajstić information content (AvgIpc) is 2.64. The highest BCUT2D eigenvalue weighted by molar-refractivity contribution is 6.30. The van der Waals surface area contributed by atoms with E-state index in [-0.39, 0.29) is 5.91 Å². The van der Waals surface area contributed by atoms with Gasteiger partial charge in [-0.1, -0.05) is 41.9 Å². The van der Waals surface area contributed by atoms with Crippen LogP contribution in [0.5, 0.6) is 0 Å². The van der Waals surface area contributed by atoms with Crippen LogP contribution in [0.4, 0.5) is 10.5 Å². The Hall–Kier alpha value is -2.83. The Bertz CT molecular complexity index is 850. The maximum atomic E-state index is 13.0. The van der Waals surface area contributed by atoms with Crippen LogP contribution in [0.1, 0.15) is 18.5 Å². The first kappa shape index (κ1) is 18.0. The van der Waals surface area contributed by atoms with Crippen molar-refractivity contribution in [2.75, 3.05) is 12.4 Å². The number of anilines is 1. The summed E-state index contributed by atoms with van der Waals surface area (Å²) in [6.45, 7) is 1.68. The van der Waals surface area contributed by atoms with Crippen molar-refractivity contribution >= 4 is 29.2 Å². The van der Waals surface area contributed by atoms with Crippen molar-refractivity contribution in [1.29, 1.82) is 0 Å². The van der Waals surface area contributed by atoms with Crippen LogP contribution in [-0.2, 0) is 9.63 Å². The van der Waals surface area contributed by atoms with Gasteiger partial charge >= 0.3 is 6.03 Å². The van der Waals surface area contributed by atoms with Crippen LogP contribution in [-0.4, -0.2) is 24.1 Å². The Balaban J connectivity index is 1.99. The van der Waals surface area contributed by atoms with Crippen LogP contribution < -0.4 is 10.6 Å². The minimum atomic E-state index is -0.581. The van der Waals surface area contributed by atoms with E-state index in [2.05, 4.69) is 10.6 Å². The molecule has 1 aliphatic rings. The molecule has 0 radical (unpaired) electrons. The van der Waals surface area contributed by atoms with Crippen LogP contribution in [0.25, 0.3) is 0 Å². The minimum Gasteiger partial charge on any atom is -0.325 e. The summed E-state index contributed by atoms with van der Waals surface area (Å²) in [6, 6.07) is 15.1. The molecule has 1 atom stereocenters. The van der Waals surface area contributed by atoms with Gasteiger partial charge in [0.05, 0.1) is 24.4 Å². The van der Waals surface area contributed by atoms with Gasteiger partial charge in [-0.2, -0.15) is 5.06 Å². The number of carbonyl (C=O) groups is 2. The molecule has 0 aromatic heterocycles. The van der Waals surface area contributed by atoms with Gasteiger partial charge in [0.25, 0.3) is 5.91 Å². The molecule has 2 aromatic rings. The van der Waals surface area contributed by atoms with E-state index in [1.54, 1.807) is 31.2 Å². The number of hydrogen-bond donors (Lipinski definition) is 2. The van der Waals surface area contributed by atoms with E-state index < -0.39 is 12.1 Å². The fourth-order valence-electron chi connectivity index (χ4n) is 2.87. The summed E-state index contributed by atoms with van der Waals surface area (Å²) in [6.07, 6.45) is 0. The zero-order valence-electron chi connectivity index (χ0n) is 14.3. The number of nitrogens with zero attached hydrogens (tertiary/aromatic N) is 1. The van der Waals surface area contributed by atoms with Crippen molar-refractivity contribution in [2.24, 2.45) is 0 Å². The van der Waals surface area contributed by atoms with Gasteiger partial charge in [-0.3, -0.25) is 9.63 Å². The Labute approximate surface area is 156 Å². The average molecular weight is 372 g/mol. The predicted molar refractivity (Wildman–Crippen MR) is 99.3 cm³/mol. The SMILES string of the molecule is CON1C(=O)NC(c2ccccc2)C(C(=O)Nc2ccc(Cl)cc2)=C1C. The molecular weight excluding hydrogens is 354 g/mol. The zero-order chi connectivity index (χ0) is 18.7. The second-order valence-corrected chi connectivity index (χ2v) is 6.17. The molecular formula is C19H18ClN3O3. The lowest BCUT2D eigenvalue weighted by Gasteiger charge is -2.34. The fraction of sp³-hybridized carbons (Fsp3) is 0.158. The summed E-state index contributed by atoms with van der Waals surface area (Å²) < 4.78 is 0. The fourth-order valence-corrected chi connectivity index (χ4v) is 2.99. The number of halogens is 1. The summed E-state index contributed by atoms with van der Waals surface area (Å²) in [4.78, 5) is 30.4. The van der Waals surface area contributed by atoms with Gasteiger partial charge in [0.2, 0.25) is 0 Å². The smallest absolute Gasteiger partial charge is 0.325 e. The van der Waals surface area contributed by atoms with Crippen LogP contribution >= 0.6 is 11.6 Å². The largest absolute Gasteiger partial charge is 0.346 e. The predicted octanol–water partition coefficient (Wildman–Crippen LogP) is 3.88. The molecule has 0 bridgehead atoms. The topological polar surface area (TPSA) is 70.7 Å². The van der Waals surface area contributed by atoms with Crippen molar-refractivity contribution in [1.82, 2.24) is 10.4 Å². The lowest BCUT2D eigenvalue weighted by atomic mass is 9.94. The van der Waals surface area contributed by atoms with E-state index in [0.717, 1.165) is 10.6 Å². The molecule has 3 amide bonds. The van der Waals surface area contributed by atoms with Gasteiger partial charge < -0.3 is 10.6 Å². The number of hydroxylamine groups is 2. The van der Waals surface area contributed by atoms with Crippen molar-refractivity contribution in [3.05, 3.63) is 76.5 Å². The van der Waals surface area contributed by atoms with E-state index in [0.29, 0.717) is 22.0 Å². The molecule has 7 heteroatoms. The number of rotatable bonds is 4. The minimum absolute atomic E-state index is 0.333. The number of amides is 3. The van der Waals surface area contributed by atoms with Crippen LogP contribution in [0.15, 0.2) is 65.9 Å². The molecule has 0 spiro atoms. The maximum absolute atomic E-state index is 13.0. The molecule has 6 nitrogen and oxygen atoms in total. The highest BCUT2D eigenvalue weighted by atomic mass is 35.5. The summed E-state index contributed by atoms with van der Waals surface area (Å²) in [5.41, 5.74) is 2.23. The summed E-state index contributed by atoms with van der Waals surface area (Å²) in [5, 5.41) is 7.30. The third kappa shape index (κ3) is 3.56. The van der Waals surface area contributed by atoms with Crippen LogP contribution in [0.2, 0.25) is 5.02 Å². The molecule has 0 saturated carbocycles. The molecule has 26 heavy (non-hydrogen) atoms. The van der Waals surface area contributed by atoms with Gasteiger partial charge in [0, 0.05) is 10.7 Å². The number of nitrogens with one attached hydrogen (secondary N) is 2. The number of allylic oxidation sites excluding steroid dienone is 1. The molecule has 1 unspecified atom stereocenters. The van der Waals surface area contributed by atoms with E-state index in [1.807, 2.05) is 30.3 Å². The second-order valence-electron chi connectivity index (χ2n) is 5.73. The normalized spacial score (nSPS) is 17.1. The lowest BCUT2D eigenvalue weighted by molar-refractivity contribution is -0.114. The molecule has 1 aliphatic heterocycles. The summed E-state index contributed by atoms with van der Waals surface area (Å²) in [7, 11) is 1.38. The van der Waals surface area contributed by atoms with Crippen LogP contribution in [0, 0.1) is 0 Å². The molecule has 1 heterocycles. The Morgan fingerprint density at radius 3 is 2.42 bits per heavy atom. The number of carbonyl (C=O) groups excluding carboxylic acids is 2. The van der Waals surface area contributed by atoms with Crippen molar-refractivity contribution in [3.63, 3.8) is 0 Å². The van der Waals surface area contributed by atoms with Crippen molar-refractivity contribution in [3.8, 4) is 0 Å². The number of hydrogen-bond acceptors (Lipinski definition) is 3. The highest BCUT2D eigenvalue weighted by Crippen LogP contribution is 2.31. The summed E-state index contributed by atoms with van der Waals surface area (Å²) >= 11 is 5.88. The molecule has 0 saturated heterocycles. The molecule has 0 fully saturated rings. The standard InChI is InChI=1S/C19H18ClN3O3/c1-12-16(18(24)21-15-10-8-14(20)9-11-15)17(13-6-4-3-5-7-13)22-19(25)23(12)26-2/h3-11,17H,1-2H3,(H,21,24)(H,22,25). The molecule has 134 valence electrons. The monoisotopic (exact) mass is 371 g/mol. The quantitative estimate of drug-likeness (QED) is 0.856. The Morgan fingerprint density at radius 2 is 1.81 bits per heavy atom. The Morgan fingerprint density at radius 1 is 1.15 bits per heavy atom. The van der Waals surface area contributed by atoms with Crippen molar-refractivity contribution in [2.45, 2.75) is 13.0 Å². The first-order valence-corrected chi connectivity index (χ1v) is 8.36. The Kier molecular flexibility index (Phi) is 5.25. The zero-order valence-corrected chi connectivity index (χ0v) is 15.1. The number of benzene rings is 2. The van der Waals surface area contributed by atoms with Crippen molar-refractivity contribution < 1.29 is 14.4 Å². The van der Waals surface area contributed by atoms with E-state index in [1.165, 1.54) is 7.11 Å². The van der Waals surface area contributed by atoms with Gasteiger partial charge in [0.15, 0.2) is 0 Å². The van der Waals surface area contributed by atoms with Gasteiger partial charge in [0.1, 0.15) is 0 Å². The third-order valence-corrected chi connectivity index (χ3v) is 4.35. The van der Waals surface area contributed by atoms with Gasteiger partial charge in [-0.05, 0) is 36.8 Å². The molecule has 2 N–H and O–H groups in total. The van der Waals surface area contributed by atoms with Gasteiger partial charge in [-0.25, -0.2) is 4.79 Å². The van der Waals surface area contributed by atoms with E-state index >= 15 is 0 Å². The third-order valence-electron chi connectivity index (χ3n) is 4.10. The molecule has 3 rings (SSSR count). The number of urea groups is 1. The maximum Gasteiger partial charge on any atom is 0.346 e. The first-order chi connectivity index (χ1) is 12.5. The van der Waals surface area contributed by atoms with Crippen LogP contribution in [0.3, 0.4) is 0 Å². The first-order valence-electron chi connectivity index (χ1n) is 7.98. The second kappa shape index (κ2) is 7.59. The van der Waals surface area contributed by atoms with E-state index in [4.69, 9.17) is 16.4 Å². The lowest BCUT2D eigenvalue weighted by Crippen LogP contribution is -2.48.